The van der Waals surface area contributed by atoms with Crippen molar-refractivity contribution < 1.29 is 0 Å². The van der Waals surface area contributed by atoms with Crippen LogP contribution in [0.1, 0.15) is 92.4 Å². The van der Waals surface area contributed by atoms with Gasteiger partial charge in [-0.05, 0) is 36.2 Å². The van der Waals surface area contributed by atoms with E-state index in [1.165, 1.54) is 62.5 Å². The second kappa shape index (κ2) is 12.4. The monoisotopic (exact) mass is 316 g/mol. The summed E-state index contributed by atoms with van der Waals surface area (Å²) in [4.78, 5) is 0. The Morgan fingerprint density at radius 2 is 1.65 bits per heavy atom. The first-order valence-corrected chi connectivity index (χ1v) is 9.61. The summed E-state index contributed by atoms with van der Waals surface area (Å²) in [6, 6.07) is 0. The largest absolute Gasteiger partial charge is 0.129 e. The van der Waals surface area contributed by atoms with E-state index in [9.17, 15) is 0 Å². The van der Waals surface area contributed by atoms with E-state index in [2.05, 4.69) is 65.7 Å². The average Bonchev–Trinajstić information content (AvgIpc) is 2.52. The number of unbranched alkanes of at least 4 members (excludes halogenated alkanes) is 2. The molecule has 1 fully saturated rings. The fourth-order valence-corrected chi connectivity index (χ4v) is 2.93. The second-order valence-corrected chi connectivity index (χ2v) is 7.78. The lowest BCUT2D eigenvalue weighted by molar-refractivity contribution is 0.409. The molecule has 0 nitrogen and oxygen atoms in total. The van der Waals surface area contributed by atoms with Gasteiger partial charge in [-0.2, -0.15) is 0 Å². The molecule has 1 aliphatic rings. The predicted molar refractivity (Wildman–Crippen MR) is 107 cm³/mol. The number of rotatable bonds is 6. The molecule has 0 heteroatoms. The first-order valence-electron chi connectivity index (χ1n) is 9.61. The fourth-order valence-electron chi connectivity index (χ4n) is 2.93. The van der Waals surface area contributed by atoms with E-state index in [-0.39, 0.29) is 5.41 Å². The van der Waals surface area contributed by atoms with Crippen molar-refractivity contribution in [2.45, 2.75) is 92.4 Å². The van der Waals surface area contributed by atoms with Crippen LogP contribution in [0.25, 0.3) is 0 Å². The Morgan fingerprint density at radius 3 is 2.04 bits per heavy atom. The summed E-state index contributed by atoms with van der Waals surface area (Å²) in [7, 11) is 0. The van der Waals surface area contributed by atoms with E-state index < -0.39 is 0 Å². The molecule has 0 aromatic rings. The summed E-state index contributed by atoms with van der Waals surface area (Å²) in [5.74, 6) is 0.723. The van der Waals surface area contributed by atoms with Gasteiger partial charge in [0, 0.05) is 0 Å². The molecule has 0 aliphatic heterocycles. The molecule has 1 rings (SSSR count). The molecule has 1 saturated carbocycles. The molecule has 0 spiro atoms. The van der Waals surface area contributed by atoms with Crippen molar-refractivity contribution in [2.75, 3.05) is 0 Å². The van der Waals surface area contributed by atoms with Gasteiger partial charge < -0.3 is 0 Å². The first kappa shape index (κ1) is 22.0. The van der Waals surface area contributed by atoms with Crippen LogP contribution in [0.3, 0.4) is 0 Å². The van der Waals surface area contributed by atoms with Crippen molar-refractivity contribution in [2.24, 2.45) is 11.3 Å². The van der Waals surface area contributed by atoms with Crippen LogP contribution in [-0.4, -0.2) is 0 Å². The summed E-state index contributed by atoms with van der Waals surface area (Å²) in [6.45, 7) is 19.1. The van der Waals surface area contributed by atoms with Gasteiger partial charge in [0.2, 0.25) is 0 Å². The molecule has 0 saturated heterocycles. The summed E-state index contributed by atoms with van der Waals surface area (Å²) in [5, 5.41) is 0. The minimum atomic E-state index is 0.165. The molecule has 0 radical (unpaired) electrons. The average molecular weight is 317 g/mol. The summed E-state index contributed by atoms with van der Waals surface area (Å²) in [6.07, 6.45) is 16.3. The Balaban J connectivity index is 0.000000841. The van der Waals surface area contributed by atoms with Crippen molar-refractivity contribution in [1.82, 2.24) is 0 Å². The molecule has 0 heterocycles. The summed E-state index contributed by atoms with van der Waals surface area (Å²) in [5.41, 5.74) is 5.83. The van der Waals surface area contributed by atoms with Gasteiger partial charge in [-0.3, -0.25) is 0 Å². The molecule has 0 N–H and O–H groups in total. The molecule has 0 aromatic carbocycles. The zero-order chi connectivity index (χ0) is 17.7. The van der Waals surface area contributed by atoms with Crippen LogP contribution in [0.15, 0.2) is 42.2 Å². The highest BCUT2D eigenvalue weighted by Gasteiger charge is 2.16. The highest BCUT2D eigenvalue weighted by molar-refractivity contribution is 5.21. The van der Waals surface area contributed by atoms with E-state index in [1.54, 1.807) is 0 Å². The van der Waals surface area contributed by atoms with E-state index in [1.807, 2.05) is 0 Å². The third-order valence-corrected chi connectivity index (χ3v) is 4.61. The molecule has 0 bridgehead atoms. The van der Waals surface area contributed by atoms with Gasteiger partial charge in [-0.1, -0.05) is 104 Å². The van der Waals surface area contributed by atoms with Gasteiger partial charge in [0.15, 0.2) is 0 Å². The number of allylic oxidation sites excluding steroid dienone is 4. The fraction of sp³-hybridized carbons (Fsp3) is 0.696. The predicted octanol–water partition coefficient (Wildman–Crippen LogP) is 8.02. The Hall–Kier alpha value is -1.00. The van der Waals surface area contributed by atoms with Crippen LogP contribution >= 0.6 is 0 Å². The van der Waals surface area contributed by atoms with Gasteiger partial charge in [0.05, 0.1) is 0 Å². The van der Waals surface area contributed by atoms with Crippen molar-refractivity contribution in [3.63, 3.8) is 0 Å². The van der Waals surface area contributed by atoms with Gasteiger partial charge in [0.1, 0.15) is 0 Å². The van der Waals surface area contributed by atoms with Gasteiger partial charge in [-0.15, -0.1) is 5.73 Å². The van der Waals surface area contributed by atoms with Crippen LogP contribution in [0, 0.1) is 11.3 Å². The molecule has 132 valence electrons. The van der Waals surface area contributed by atoms with Crippen LogP contribution in [0.5, 0.6) is 0 Å². The Kier molecular flexibility index (Phi) is 11.9. The lowest BCUT2D eigenvalue weighted by Gasteiger charge is -2.22. The van der Waals surface area contributed by atoms with E-state index >= 15 is 0 Å². The number of hydrogen-bond acceptors (Lipinski definition) is 0. The standard InChI is InChI=1S/C18H28.C5H12/c1-6-17(18(3,4)5)14-10-11-15(2)16-12-8-7-9-13-16;1-3-5-4-2/h10-11,16H,1-2,7-9,12-14H2,3-5H3;3-5H2,1-2H3/b11-10-;. The van der Waals surface area contributed by atoms with Crippen molar-refractivity contribution >= 4 is 0 Å². The van der Waals surface area contributed by atoms with Crippen LogP contribution in [0.4, 0.5) is 0 Å². The highest BCUT2D eigenvalue weighted by Crippen LogP contribution is 2.30. The molecule has 0 unspecified atom stereocenters. The maximum absolute atomic E-state index is 4.23. The molecule has 0 aromatic heterocycles. The van der Waals surface area contributed by atoms with Crippen LogP contribution in [0.2, 0.25) is 0 Å². The van der Waals surface area contributed by atoms with Gasteiger partial charge in [0.25, 0.3) is 0 Å². The van der Waals surface area contributed by atoms with E-state index in [0.29, 0.717) is 0 Å². The Labute approximate surface area is 146 Å². The van der Waals surface area contributed by atoms with Crippen molar-refractivity contribution in [3.8, 4) is 0 Å². The zero-order valence-electron chi connectivity index (χ0n) is 16.5. The topological polar surface area (TPSA) is 0 Å². The second-order valence-electron chi connectivity index (χ2n) is 7.78. The van der Waals surface area contributed by atoms with E-state index in [0.717, 1.165) is 12.3 Å². The summed E-state index contributed by atoms with van der Waals surface area (Å²) >= 11 is 0. The first-order chi connectivity index (χ1) is 10.9. The molecule has 1 aliphatic carbocycles. The smallest absolute Gasteiger partial charge is 0.00542 e. The maximum Gasteiger partial charge on any atom is -0.00542 e. The van der Waals surface area contributed by atoms with Crippen molar-refractivity contribution in [1.29, 1.82) is 0 Å². The summed E-state index contributed by atoms with van der Waals surface area (Å²) < 4.78 is 0. The molecule has 0 amide bonds. The van der Waals surface area contributed by atoms with Gasteiger partial charge >= 0.3 is 0 Å². The lowest BCUT2D eigenvalue weighted by atomic mass is 9.83. The molecular formula is C23H40. The Bertz CT molecular complexity index is 388. The normalized spacial score (nSPS) is 15.7. The highest BCUT2D eigenvalue weighted by atomic mass is 14.2. The quantitative estimate of drug-likeness (QED) is 0.343. The third-order valence-electron chi connectivity index (χ3n) is 4.61. The van der Waals surface area contributed by atoms with Crippen LogP contribution in [-0.2, 0) is 0 Å². The molecule has 23 heavy (non-hydrogen) atoms. The SMILES string of the molecule is C=C=C(C/C=C\C(=C)C1CCCCC1)C(C)(C)C.CCCCC. The molecule has 0 atom stereocenters. The minimum Gasteiger partial charge on any atom is -0.129 e. The number of hydrogen-bond donors (Lipinski definition) is 0. The van der Waals surface area contributed by atoms with Crippen molar-refractivity contribution in [3.05, 3.63) is 42.2 Å². The zero-order valence-corrected chi connectivity index (χ0v) is 16.5. The van der Waals surface area contributed by atoms with Crippen LogP contribution < -0.4 is 0 Å². The third kappa shape index (κ3) is 10.4. The van der Waals surface area contributed by atoms with Gasteiger partial charge in [-0.25, -0.2) is 0 Å². The molecular weight excluding hydrogens is 276 g/mol. The maximum atomic E-state index is 4.23. The van der Waals surface area contributed by atoms with E-state index in [4.69, 9.17) is 0 Å². The Morgan fingerprint density at radius 1 is 1.09 bits per heavy atom. The lowest BCUT2D eigenvalue weighted by Crippen LogP contribution is -2.08. The minimum absolute atomic E-state index is 0.165.